The average molecular weight is 271 g/mol. The van der Waals surface area contributed by atoms with Crippen LogP contribution in [0.3, 0.4) is 0 Å². The number of hydrogen-bond donors (Lipinski definition) is 1. The molecular weight excluding hydrogens is 246 g/mol. The molecule has 20 heavy (non-hydrogen) atoms. The van der Waals surface area contributed by atoms with E-state index in [9.17, 15) is 0 Å². The van der Waals surface area contributed by atoms with Crippen molar-refractivity contribution in [3.63, 3.8) is 0 Å². The van der Waals surface area contributed by atoms with E-state index >= 15 is 0 Å². The van der Waals surface area contributed by atoms with Crippen LogP contribution in [0.15, 0.2) is 28.7 Å². The SMILES string of the molecule is CCNC(c1cc2cccc(C)c2o1)C1CCCCC1. The van der Waals surface area contributed by atoms with E-state index < -0.39 is 0 Å². The Morgan fingerprint density at radius 1 is 1.25 bits per heavy atom. The highest BCUT2D eigenvalue weighted by Gasteiger charge is 2.27. The van der Waals surface area contributed by atoms with Crippen LogP contribution >= 0.6 is 0 Å². The van der Waals surface area contributed by atoms with Gasteiger partial charge >= 0.3 is 0 Å². The normalized spacial score (nSPS) is 18.5. The Morgan fingerprint density at radius 2 is 2.05 bits per heavy atom. The summed E-state index contributed by atoms with van der Waals surface area (Å²) < 4.78 is 6.20. The zero-order chi connectivity index (χ0) is 13.9. The van der Waals surface area contributed by atoms with Gasteiger partial charge in [-0.3, -0.25) is 0 Å². The third-order valence-electron chi connectivity index (χ3n) is 4.61. The number of rotatable bonds is 4. The predicted octanol–water partition coefficient (Wildman–Crippen LogP) is 4.97. The van der Waals surface area contributed by atoms with Gasteiger partial charge in [-0.1, -0.05) is 44.4 Å². The second kappa shape index (κ2) is 6.01. The molecule has 0 bridgehead atoms. The van der Waals surface area contributed by atoms with E-state index in [4.69, 9.17) is 4.42 Å². The molecule has 2 heteroatoms. The second-order valence-electron chi connectivity index (χ2n) is 6.08. The van der Waals surface area contributed by atoms with Crippen molar-refractivity contribution >= 4 is 11.0 Å². The van der Waals surface area contributed by atoms with Gasteiger partial charge in [-0.15, -0.1) is 0 Å². The summed E-state index contributed by atoms with van der Waals surface area (Å²) in [6.07, 6.45) is 6.79. The summed E-state index contributed by atoms with van der Waals surface area (Å²) in [6, 6.07) is 9.01. The van der Waals surface area contributed by atoms with Gasteiger partial charge in [0, 0.05) is 5.39 Å². The van der Waals surface area contributed by atoms with Gasteiger partial charge in [-0.25, -0.2) is 0 Å². The van der Waals surface area contributed by atoms with Crippen molar-refractivity contribution in [3.8, 4) is 0 Å². The van der Waals surface area contributed by atoms with Crippen LogP contribution in [0.1, 0.15) is 56.4 Å². The van der Waals surface area contributed by atoms with Crippen LogP contribution in [0, 0.1) is 12.8 Å². The fourth-order valence-electron chi connectivity index (χ4n) is 3.57. The Labute approximate surface area is 121 Å². The van der Waals surface area contributed by atoms with Crippen LogP contribution in [0.4, 0.5) is 0 Å². The molecule has 0 aliphatic heterocycles. The molecule has 1 aromatic carbocycles. The number of nitrogens with one attached hydrogen (secondary N) is 1. The predicted molar refractivity (Wildman–Crippen MR) is 83.9 cm³/mol. The zero-order valence-corrected chi connectivity index (χ0v) is 12.6. The monoisotopic (exact) mass is 271 g/mol. The summed E-state index contributed by atoms with van der Waals surface area (Å²) in [4.78, 5) is 0. The van der Waals surface area contributed by atoms with Gasteiger partial charge in [-0.2, -0.15) is 0 Å². The van der Waals surface area contributed by atoms with E-state index in [-0.39, 0.29) is 0 Å². The summed E-state index contributed by atoms with van der Waals surface area (Å²) in [5.74, 6) is 1.85. The first kappa shape index (κ1) is 13.7. The summed E-state index contributed by atoms with van der Waals surface area (Å²) in [7, 11) is 0. The lowest BCUT2D eigenvalue weighted by molar-refractivity contribution is 0.250. The minimum absolute atomic E-state index is 0.382. The molecule has 108 valence electrons. The second-order valence-corrected chi connectivity index (χ2v) is 6.08. The molecule has 1 N–H and O–H groups in total. The molecule has 1 unspecified atom stereocenters. The Hall–Kier alpha value is -1.28. The Bertz CT molecular complexity index is 566. The van der Waals surface area contributed by atoms with E-state index in [2.05, 4.69) is 43.4 Å². The molecule has 0 amide bonds. The molecular formula is C18H25NO. The molecule has 0 spiro atoms. The van der Waals surface area contributed by atoms with Crippen LogP contribution in [0.2, 0.25) is 0 Å². The molecule has 2 nitrogen and oxygen atoms in total. The van der Waals surface area contributed by atoms with Crippen molar-refractivity contribution in [2.75, 3.05) is 6.54 Å². The van der Waals surface area contributed by atoms with Crippen molar-refractivity contribution in [2.24, 2.45) is 5.92 Å². The maximum Gasteiger partial charge on any atom is 0.137 e. The molecule has 1 atom stereocenters. The Morgan fingerprint density at radius 3 is 2.75 bits per heavy atom. The third kappa shape index (κ3) is 2.62. The fraction of sp³-hybridized carbons (Fsp3) is 0.556. The van der Waals surface area contributed by atoms with Crippen LogP contribution in [-0.2, 0) is 0 Å². The van der Waals surface area contributed by atoms with Gasteiger partial charge in [0.05, 0.1) is 6.04 Å². The lowest BCUT2D eigenvalue weighted by atomic mass is 9.83. The molecule has 1 saturated carbocycles. The largest absolute Gasteiger partial charge is 0.459 e. The highest BCUT2D eigenvalue weighted by Crippen LogP contribution is 2.37. The van der Waals surface area contributed by atoms with E-state index in [1.807, 2.05) is 0 Å². The zero-order valence-electron chi connectivity index (χ0n) is 12.6. The van der Waals surface area contributed by atoms with Crippen molar-refractivity contribution in [1.82, 2.24) is 5.32 Å². The minimum atomic E-state index is 0.382. The van der Waals surface area contributed by atoms with Gasteiger partial charge in [0.25, 0.3) is 0 Å². The van der Waals surface area contributed by atoms with Gasteiger partial charge < -0.3 is 9.73 Å². The van der Waals surface area contributed by atoms with Gasteiger partial charge in [0.1, 0.15) is 11.3 Å². The topological polar surface area (TPSA) is 25.2 Å². The minimum Gasteiger partial charge on any atom is -0.459 e. The molecule has 1 fully saturated rings. The van der Waals surface area contributed by atoms with Crippen LogP contribution in [-0.4, -0.2) is 6.54 Å². The maximum atomic E-state index is 6.20. The Kier molecular flexibility index (Phi) is 4.11. The lowest BCUT2D eigenvalue weighted by Gasteiger charge is -2.29. The number of fused-ring (bicyclic) bond motifs is 1. The standard InChI is InChI=1S/C18H25NO/c1-3-19-17(14-9-5-4-6-10-14)16-12-15-11-7-8-13(2)18(15)20-16/h7-8,11-12,14,17,19H,3-6,9-10H2,1-2H3. The third-order valence-corrected chi connectivity index (χ3v) is 4.61. The molecule has 1 aliphatic rings. The van der Waals surface area contributed by atoms with Gasteiger partial charge in [0.2, 0.25) is 0 Å². The van der Waals surface area contributed by atoms with Crippen molar-refractivity contribution in [3.05, 3.63) is 35.6 Å². The van der Waals surface area contributed by atoms with Crippen LogP contribution < -0.4 is 5.32 Å². The van der Waals surface area contributed by atoms with Crippen molar-refractivity contribution in [1.29, 1.82) is 0 Å². The van der Waals surface area contributed by atoms with Gasteiger partial charge in [-0.05, 0) is 43.9 Å². The highest BCUT2D eigenvalue weighted by atomic mass is 16.3. The van der Waals surface area contributed by atoms with Crippen molar-refractivity contribution < 1.29 is 4.42 Å². The fourth-order valence-corrected chi connectivity index (χ4v) is 3.57. The first-order valence-corrected chi connectivity index (χ1v) is 8.02. The number of hydrogen-bond acceptors (Lipinski definition) is 2. The number of aryl methyl sites for hydroxylation is 1. The number of benzene rings is 1. The average Bonchev–Trinajstić information content (AvgIpc) is 2.91. The number of para-hydroxylation sites is 1. The highest BCUT2D eigenvalue weighted by molar-refractivity contribution is 5.81. The molecule has 0 saturated heterocycles. The summed E-state index contributed by atoms with van der Waals surface area (Å²) in [5.41, 5.74) is 2.29. The number of furan rings is 1. The Balaban J connectivity index is 1.93. The summed E-state index contributed by atoms with van der Waals surface area (Å²) in [6.45, 7) is 5.30. The van der Waals surface area contributed by atoms with E-state index in [0.29, 0.717) is 6.04 Å². The molecule has 2 aromatic rings. The van der Waals surface area contributed by atoms with E-state index in [1.165, 1.54) is 43.1 Å². The molecule has 1 aliphatic carbocycles. The molecule has 1 heterocycles. The summed E-state index contributed by atoms with van der Waals surface area (Å²) >= 11 is 0. The maximum absolute atomic E-state index is 6.20. The van der Waals surface area contributed by atoms with Crippen LogP contribution in [0.25, 0.3) is 11.0 Å². The van der Waals surface area contributed by atoms with E-state index in [0.717, 1.165) is 23.8 Å². The first-order chi connectivity index (χ1) is 9.79. The molecule has 0 radical (unpaired) electrons. The molecule has 3 rings (SSSR count). The summed E-state index contributed by atoms with van der Waals surface area (Å²) in [5, 5.41) is 4.89. The van der Waals surface area contributed by atoms with E-state index in [1.54, 1.807) is 0 Å². The lowest BCUT2D eigenvalue weighted by Crippen LogP contribution is -2.29. The van der Waals surface area contributed by atoms with Gasteiger partial charge in [0.15, 0.2) is 0 Å². The smallest absolute Gasteiger partial charge is 0.137 e. The van der Waals surface area contributed by atoms with Crippen LogP contribution in [0.5, 0.6) is 0 Å². The van der Waals surface area contributed by atoms with Crippen molar-refractivity contribution in [2.45, 2.75) is 52.0 Å². The molecule has 1 aromatic heterocycles. The quantitative estimate of drug-likeness (QED) is 0.849. The first-order valence-electron chi connectivity index (χ1n) is 8.02.